The fraction of sp³-hybridized carbons (Fsp3) is 0.667. The Kier molecular flexibility index (Phi) is 5.36. The molecule has 0 aromatic heterocycles. The van der Waals surface area contributed by atoms with E-state index in [0.717, 1.165) is 19.3 Å². The summed E-state index contributed by atoms with van der Waals surface area (Å²) in [6.45, 7) is 3.63. The van der Waals surface area contributed by atoms with Gasteiger partial charge in [-0.2, -0.15) is 0 Å². The second-order valence-corrected chi connectivity index (χ2v) is 5.32. The Morgan fingerprint density at radius 3 is 2.33 bits per heavy atom. The summed E-state index contributed by atoms with van der Waals surface area (Å²) < 4.78 is 4.71. The number of piperazine rings is 1. The average Bonchev–Trinajstić information content (AvgIpc) is 2.54. The number of ether oxygens (including phenoxy) is 1. The first kappa shape index (κ1) is 15.5. The minimum Gasteiger partial charge on any atom is -0.459 e. The summed E-state index contributed by atoms with van der Waals surface area (Å²) >= 11 is 0. The van der Waals surface area contributed by atoms with Crippen molar-refractivity contribution in [1.29, 1.82) is 0 Å². The number of carbonyl (C=O) groups is 3. The Morgan fingerprint density at radius 1 is 1.10 bits per heavy atom. The van der Waals surface area contributed by atoms with E-state index in [1.54, 1.807) is 11.8 Å². The van der Waals surface area contributed by atoms with Gasteiger partial charge in [-0.25, -0.2) is 4.79 Å². The molecule has 0 spiro atoms. The fourth-order valence-corrected chi connectivity index (χ4v) is 2.73. The van der Waals surface area contributed by atoms with Crippen LogP contribution in [0.25, 0.3) is 0 Å². The number of hydrogen-bond donors (Lipinski definition) is 0. The molecule has 116 valence electrons. The molecule has 2 rings (SSSR count). The quantitative estimate of drug-likeness (QED) is 0.424. The fourth-order valence-electron chi connectivity index (χ4n) is 2.73. The first-order valence-corrected chi connectivity index (χ1v) is 7.53. The van der Waals surface area contributed by atoms with Gasteiger partial charge in [-0.1, -0.05) is 12.2 Å². The average molecular weight is 294 g/mol. The summed E-state index contributed by atoms with van der Waals surface area (Å²) in [5, 5.41) is 0. The van der Waals surface area contributed by atoms with Gasteiger partial charge in [-0.05, 0) is 26.2 Å². The molecule has 6 nitrogen and oxygen atoms in total. The lowest BCUT2D eigenvalue weighted by Crippen LogP contribution is -2.53. The summed E-state index contributed by atoms with van der Waals surface area (Å²) in [5.41, 5.74) is 0. The second-order valence-electron chi connectivity index (χ2n) is 5.32. The molecule has 1 aliphatic carbocycles. The largest absolute Gasteiger partial charge is 0.459 e. The number of carbonyl (C=O) groups excluding carboxylic acids is 3. The third-order valence-electron chi connectivity index (χ3n) is 3.95. The van der Waals surface area contributed by atoms with Gasteiger partial charge < -0.3 is 14.5 Å². The standard InChI is InChI=1S/C15H22N2O4/c1-2-21-15(20)14(19)17-10-8-16(9-11-17)13(18)12-6-4-3-5-7-12/h3-4,12H,2,5-11H2,1H3/t12-/m1/s1. The smallest absolute Gasteiger partial charge is 0.397 e. The van der Waals surface area contributed by atoms with Crippen molar-refractivity contribution < 1.29 is 19.1 Å². The molecule has 1 atom stereocenters. The Bertz CT molecular complexity index is 439. The Balaban J connectivity index is 1.82. The topological polar surface area (TPSA) is 66.9 Å². The van der Waals surface area contributed by atoms with E-state index in [-0.39, 0.29) is 18.4 Å². The van der Waals surface area contributed by atoms with Gasteiger partial charge in [0.15, 0.2) is 0 Å². The highest BCUT2D eigenvalue weighted by molar-refractivity contribution is 6.32. The van der Waals surface area contributed by atoms with Crippen LogP contribution >= 0.6 is 0 Å². The SMILES string of the molecule is CCOC(=O)C(=O)N1CCN(C(=O)[C@@H]2CC=CCC2)CC1. The van der Waals surface area contributed by atoms with E-state index in [1.165, 1.54) is 4.90 Å². The first-order valence-electron chi connectivity index (χ1n) is 7.53. The van der Waals surface area contributed by atoms with E-state index in [1.807, 2.05) is 0 Å². The van der Waals surface area contributed by atoms with Gasteiger partial charge in [0, 0.05) is 32.1 Å². The molecule has 21 heavy (non-hydrogen) atoms. The minimum atomic E-state index is -0.810. The summed E-state index contributed by atoms with van der Waals surface area (Å²) in [6.07, 6.45) is 6.84. The molecule has 0 bridgehead atoms. The molecule has 0 saturated carbocycles. The highest BCUT2D eigenvalue weighted by Gasteiger charge is 2.31. The first-order chi connectivity index (χ1) is 10.1. The molecule has 1 aliphatic heterocycles. The zero-order chi connectivity index (χ0) is 15.2. The molecular formula is C15H22N2O4. The van der Waals surface area contributed by atoms with Crippen LogP contribution in [-0.2, 0) is 19.1 Å². The lowest BCUT2D eigenvalue weighted by molar-refractivity contribution is -0.161. The molecule has 2 aliphatic rings. The van der Waals surface area contributed by atoms with Crippen LogP contribution in [0.2, 0.25) is 0 Å². The number of esters is 1. The van der Waals surface area contributed by atoms with Crippen molar-refractivity contribution in [2.45, 2.75) is 26.2 Å². The summed E-state index contributed by atoms with van der Waals surface area (Å²) in [7, 11) is 0. The second kappa shape index (κ2) is 7.24. The molecule has 2 amide bonds. The minimum absolute atomic E-state index is 0.0716. The van der Waals surface area contributed by atoms with Crippen molar-refractivity contribution in [3.63, 3.8) is 0 Å². The van der Waals surface area contributed by atoms with E-state index in [9.17, 15) is 14.4 Å². The van der Waals surface area contributed by atoms with E-state index < -0.39 is 11.9 Å². The maximum atomic E-state index is 12.4. The van der Waals surface area contributed by atoms with Crippen LogP contribution in [0.3, 0.4) is 0 Å². The summed E-state index contributed by atoms with van der Waals surface area (Å²) in [5.74, 6) is -1.18. The third kappa shape index (κ3) is 3.83. The van der Waals surface area contributed by atoms with Gasteiger partial charge in [-0.3, -0.25) is 9.59 Å². The van der Waals surface area contributed by atoms with Crippen molar-refractivity contribution in [2.24, 2.45) is 5.92 Å². The van der Waals surface area contributed by atoms with E-state index in [4.69, 9.17) is 4.74 Å². The lowest BCUT2D eigenvalue weighted by atomic mass is 9.93. The molecule has 1 heterocycles. The molecule has 6 heteroatoms. The van der Waals surface area contributed by atoms with E-state index in [2.05, 4.69) is 12.2 Å². The van der Waals surface area contributed by atoms with E-state index >= 15 is 0 Å². The van der Waals surface area contributed by atoms with Crippen molar-refractivity contribution in [1.82, 2.24) is 9.80 Å². The number of hydrogen-bond acceptors (Lipinski definition) is 4. The van der Waals surface area contributed by atoms with Gasteiger partial charge in [-0.15, -0.1) is 0 Å². The molecule has 0 unspecified atom stereocenters. The third-order valence-corrected chi connectivity index (χ3v) is 3.95. The van der Waals surface area contributed by atoms with Crippen LogP contribution in [-0.4, -0.2) is 60.4 Å². The van der Waals surface area contributed by atoms with Crippen LogP contribution in [0.5, 0.6) is 0 Å². The van der Waals surface area contributed by atoms with Gasteiger partial charge in [0.2, 0.25) is 5.91 Å². The van der Waals surface area contributed by atoms with Crippen LogP contribution in [0.1, 0.15) is 26.2 Å². The predicted molar refractivity (Wildman–Crippen MR) is 76.3 cm³/mol. The molecule has 0 N–H and O–H groups in total. The molecule has 0 aromatic carbocycles. The van der Waals surface area contributed by atoms with Crippen molar-refractivity contribution >= 4 is 17.8 Å². The van der Waals surface area contributed by atoms with Crippen LogP contribution in [0, 0.1) is 5.92 Å². The number of allylic oxidation sites excluding steroid dienone is 2. The lowest BCUT2D eigenvalue weighted by Gasteiger charge is -2.36. The Labute approximate surface area is 124 Å². The van der Waals surface area contributed by atoms with Crippen LogP contribution in [0.15, 0.2) is 12.2 Å². The molecule has 1 saturated heterocycles. The summed E-state index contributed by atoms with van der Waals surface area (Å²) in [4.78, 5) is 38.8. The van der Waals surface area contributed by atoms with Gasteiger partial charge in [0.05, 0.1) is 6.61 Å². The number of rotatable bonds is 2. The Hall–Kier alpha value is -1.85. The number of amides is 2. The highest BCUT2D eigenvalue weighted by Crippen LogP contribution is 2.21. The van der Waals surface area contributed by atoms with Crippen LogP contribution < -0.4 is 0 Å². The van der Waals surface area contributed by atoms with Gasteiger partial charge in [0.25, 0.3) is 0 Å². The highest BCUT2D eigenvalue weighted by atomic mass is 16.5. The van der Waals surface area contributed by atoms with Crippen molar-refractivity contribution in [3.05, 3.63) is 12.2 Å². The zero-order valence-corrected chi connectivity index (χ0v) is 12.4. The van der Waals surface area contributed by atoms with Crippen LogP contribution in [0.4, 0.5) is 0 Å². The van der Waals surface area contributed by atoms with Gasteiger partial charge >= 0.3 is 11.9 Å². The van der Waals surface area contributed by atoms with Gasteiger partial charge in [0.1, 0.15) is 0 Å². The number of nitrogens with zero attached hydrogens (tertiary/aromatic N) is 2. The Morgan fingerprint density at radius 2 is 1.76 bits per heavy atom. The monoisotopic (exact) mass is 294 g/mol. The van der Waals surface area contributed by atoms with Crippen molar-refractivity contribution in [3.8, 4) is 0 Å². The molecule has 0 aromatic rings. The van der Waals surface area contributed by atoms with E-state index in [0.29, 0.717) is 26.2 Å². The molecular weight excluding hydrogens is 272 g/mol. The maximum absolute atomic E-state index is 12.4. The normalized spacial score (nSPS) is 22.0. The maximum Gasteiger partial charge on any atom is 0.397 e. The summed E-state index contributed by atoms with van der Waals surface area (Å²) in [6, 6.07) is 0. The molecule has 1 fully saturated rings. The molecule has 0 radical (unpaired) electrons. The predicted octanol–water partition coefficient (Wildman–Crippen LogP) is 0.577. The zero-order valence-electron chi connectivity index (χ0n) is 12.4. The van der Waals surface area contributed by atoms with Crippen molar-refractivity contribution in [2.75, 3.05) is 32.8 Å².